The molecule has 0 bridgehead atoms. The zero-order valence-corrected chi connectivity index (χ0v) is 11.5. The summed E-state index contributed by atoms with van der Waals surface area (Å²) in [5.74, 6) is 0. The highest BCUT2D eigenvalue weighted by atomic mass is 35.5. The van der Waals surface area contributed by atoms with Gasteiger partial charge >= 0.3 is 0 Å². The monoisotopic (exact) mass is 248 g/mol. The summed E-state index contributed by atoms with van der Waals surface area (Å²) in [5.41, 5.74) is -0.115. The molecule has 2 aliphatic heterocycles. The molecule has 3 atom stereocenters. The minimum absolute atomic E-state index is 0. The molecule has 4 heteroatoms. The van der Waals surface area contributed by atoms with E-state index < -0.39 is 0 Å². The number of likely N-dealkylation sites (tertiary alicyclic amines) is 1. The lowest BCUT2D eigenvalue weighted by Gasteiger charge is -2.44. The normalized spacial score (nSPS) is 40.7. The molecule has 0 aliphatic carbocycles. The van der Waals surface area contributed by atoms with Crippen molar-refractivity contribution in [2.45, 2.75) is 57.8 Å². The van der Waals surface area contributed by atoms with Crippen molar-refractivity contribution in [1.29, 1.82) is 0 Å². The summed E-state index contributed by atoms with van der Waals surface area (Å²) in [4.78, 5) is 2.56. The third-order valence-electron chi connectivity index (χ3n) is 3.82. The highest BCUT2D eigenvalue weighted by Gasteiger charge is 2.43. The average Bonchev–Trinajstić information content (AvgIpc) is 2.60. The largest absolute Gasteiger partial charge is 0.358 e. The van der Waals surface area contributed by atoms with E-state index in [4.69, 9.17) is 4.74 Å². The maximum Gasteiger partial charge on any atom is 0.132 e. The zero-order chi connectivity index (χ0) is 10.9. The highest BCUT2D eigenvalue weighted by molar-refractivity contribution is 5.85. The van der Waals surface area contributed by atoms with Gasteiger partial charge in [-0.05, 0) is 39.8 Å². The van der Waals surface area contributed by atoms with Gasteiger partial charge in [0.1, 0.15) is 5.72 Å². The molecule has 0 aromatic heterocycles. The van der Waals surface area contributed by atoms with E-state index in [1.807, 2.05) is 0 Å². The molecule has 0 amide bonds. The molecule has 1 N–H and O–H groups in total. The summed E-state index contributed by atoms with van der Waals surface area (Å²) in [6.45, 7) is 9.89. The Balaban J connectivity index is 0.00000128. The van der Waals surface area contributed by atoms with Crippen molar-refractivity contribution >= 4 is 12.4 Å². The number of hydrogen-bond acceptors (Lipinski definition) is 3. The number of ether oxygens (including phenoxy) is 1. The van der Waals surface area contributed by atoms with Gasteiger partial charge in [-0.1, -0.05) is 13.3 Å². The molecule has 0 spiro atoms. The molecule has 96 valence electrons. The van der Waals surface area contributed by atoms with Crippen LogP contribution in [0.5, 0.6) is 0 Å². The van der Waals surface area contributed by atoms with Crippen molar-refractivity contribution in [2.75, 3.05) is 19.7 Å². The Kier molecular flexibility index (Phi) is 5.05. The Bertz CT molecular complexity index is 227. The molecule has 0 saturated carbocycles. The Labute approximate surface area is 105 Å². The van der Waals surface area contributed by atoms with Gasteiger partial charge in [-0.2, -0.15) is 0 Å². The topological polar surface area (TPSA) is 24.5 Å². The second-order valence-electron chi connectivity index (χ2n) is 5.10. The van der Waals surface area contributed by atoms with Crippen molar-refractivity contribution < 1.29 is 4.74 Å². The second kappa shape index (κ2) is 5.67. The lowest BCUT2D eigenvalue weighted by molar-refractivity contribution is -0.0768. The minimum atomic E-state index is -0.115. The van der Waals surface area contributed by atoms with Crippen LogP contribution >= 0.6 is 12.4 Å². The van der Waals surface area contributed by atoms with Gasteiger partial charge in [0, 0.05) is 6.04 Å². The summed E-state index contributed by atoms with van der Waals surface area (Å²) in [5, 5.41) is 3.60. The first-order chi connectivity index (χ1) is 7.15. The van der Waals surface area contributed by atoms with E-state index in [2.05, 4.69) is 31.0 Å². The molecule has 0 aromatic carbocycles. The number of likely N-dealkylation sites (N-methyl/N-ethyl adjacent to an activating group) is 1. The van der Waals surface area contributed by atoms with E-state index in [9.17, 15) is 0 Å². The standard InChI is InChI=1S/C12H24N2O.ClH/c1-4-14-8-6-5-7-11(14)12(3)13-10(2)9-15-12;/h10-11,13H,4-9H2,1-3H3;1H. The van der Waals surface area contributed by atoms with Gasteiger partial charge in [0.05, 0.1) is 12.6 Å². The van der Waals surface area contributed by atoms with E-state index >= 15 is 0 Å². The van der Waals surface area contributed by atoms with Crippen LogP contribution in [-0.2, 0) is 4.74 Å². The van der Waals surface area contributed by atoms with Crippen molar-refractivity contribution in [1.82, 2.24) is 10.2 Å². The quantitative estimate of drug-likeness (QED) is 0.809. The van der Waals surface area contributed by atoms with Gasteiger partial charge < -0.3 is 4.74 Å². The molecule has 2 fully saturated rings. The lowest BCUT2D eigenvalue weighted by atomic mass is 9.93. The molecule has 2 saturated heterocycles. The predicted molar refractivity (Wildman–Crippen MR) is 69.1 cm³/mol. The predicted octanol–water partition coefficient (Wildman–Crippen LogP) is 2.01. The number of nitrogens with one attached hydrogen (secondary N) is 1. The summed E-state index contributed by atoms with van der Waals surface area (Å²) in [6, 6.07) is 1.05. The number of rotatable bonds is 2. The fraction of sp³-hybridized carbons (Fsp3) is 1.00. The Hall–Kier alpha value is 0.170. The molecule has 2 rings (SSSR count). The fourth-order valence-corrected chi connectivity index (χ4v) is 3.06. The lowest BCUT2D eigenvalue weighted by Crippen LogP contribution is -2.59. The van der Waals surface area contributed by atoms with Crippen LogP contribution in [0.1, 0.15) is 40.0 Å². The minimum Gasteiger partial charge on any atom is -0.358 e. The average molecular weight is 249 g/mol. The number of halogens is 1. The molecule has 2 aliphatic rings. The first-order valence-corrected chi connectivity index (χ1v) is 6.31. The zero-order valence-electron chi connectivity index (χ0n) is 10.7. The maximum atomic E-state index is 5.97. The molecular formula is C12H25ClN2O. The summed E-state index contributed by atoms with van der Waals surface area (Å²) in [6.07, 6.45) is 3.95. The molecule has 2 heterocycles. The summed E-state index contributed by atoms with van der Waals surface area (Å²) < 4.78 is 5.97. The van der Waals surface area contributed by atoms with Crippen LogP contribution in [0.3, 0.4) is 0 Å². The molecule has 3 nitrogen and oxygen atoms in total. The third kappa shape index (κ3) is 2.70. The van der Waals surface area contributed by atoms with Crippen LogP contribution in [0.15, 0.2) is 0 Å². The molecule has 16 heavy (non-hydrogen) atoms. The third-order valence-corrected chi connectivity index (χ3v) is 3.82. The maximum absolute atomic E-state index is 5.97. The van der Waals surface area contributed by atoms with Gasteiger partial charge in [0.25, 0.3) is 0 Å². The van der Waals surface area contributed by atoms with Crippen molar-refractivity contribution in [3.63, 3.8) is 0 Å². The van der Waals surface area contributed by atoms with E-state index in [1.54, 1.807) is 0 Å². The van der Waals surface area contributed by atoms with Crippen molar-refractivity contribution in [2.24, 2.45) is 0 Å². The van der Waals surface area contributed by atoms with Crippen molar-refractivity contribution in [3.8, 4) is 0 Å². The number of piperidine rings is 1. The Morgan fingerprint density at radius 1 is 1.44 bits per heavy atom. The van der Waals surface area contributed by atoms with E-state index in [1.165, 1.54) is 25.8 Å². The van der Waals surface area contributed by atoms with Gasteiger partial charge in [-0.15, -0.1) is 12.4 Å². The number of nitrogens with zero attached hydrogens (tertiary/aromatic N) is 1. The highest BCUT2D eigenvalue weighted by Crippen LogP contribution is 2.30. The van der Waals surface area contributed by atoms with E-state index in [0.29, 0.717) is 12.1 Å². The molecule has 0 radical (unpaired) electrons. The Morgan fingerprint density at radius 2 is 2.19 bits per heavy atom. The van der Waals surface area contributed by atoms with Gasteiger partial charge in [0.15, 0.2) is 0 Å². The van der Waals surface area contributed by atoms with Crippen LogP contribution in [0.2, 0.25) is 0 Å². The molecule has 3 unspecified atom stereocenters. The van der Waals surface area contributed by atoms with Crippen LogP contribution < -0.4 is 5.32 Å². The Morgan fingerprint density at radius 3 is 2.75 bits per heavy atom. The molecular weight excluding hydrogens is 224 g/mol. The van der Waals surface area contributed by atoms with Gasteiger partial charge in [0.2, 0.25) is 0 Å². The van der Waals surface area contributed by atoms with E-state index in [-0.39, 0.29) is 18.1 Å². The van der Waals surface area contributed by atoms with Gasteiger partial charge in [-0.3, -0.25) is 10.2 Å². The first-order valence-electron chi connectivity index (χ1n) is 6.31. The van der Waals surface area contributed by atoms with Crippen LogP contribution in [0, 0.1) is 0 Å². The number of hydrogen-bond donors (Lipinski definition) is 1. The van der Waals surface area contributed by atoms with E-state index in [0.717, 1.165) is 13.2 Å². The van der Waals surface area contributed by atoms with Crippen LogP contribution in [0.4, 0.5) is 0 Å². The SMILES string of the molecule is CCN1CCCCC1C1(C)NC(C)CO1.Cl. The van der Waals surface area contributed by atoms with Gasteiger partial charge in [-0.25, -0.2) is 0 Å². The smallest absolute Gasteiger partial charge is 0.132 e. The summed E-state index contributed by atoms with van der Waals surface area (Å²) in [7, 11) is 0. The fourth-order valence-electron chi connectivity index (χ4n) is 3.06. The first kappa shape index (κ1) is 14.2. The van der Waals surface area contributed by atoms with Crippen molar-refractivity contribution in [3.05, 3.63) is 0 Å². The van der Waals surface area contributed by atoms with Crippen LogP contribution in [0.25, 0.3) is 0 Å². The molecule has 0 aromatic rings. The summed E-state index contributed by atoms with van der Waals surface area (Å²) >= 11 is 0. The second-order valence-corrected chi connectivity index (χ2v) is 5.10. The van der Waals surface area contributed by atoms with Crippen LogP contribution in [-0.4, -0.2) is 42.4 Å².